The van der Waals surface area contributed by atoms with Gasteiger partial charge in [-0.2, -0.15) is 0 Å². The summed E-state index contributed by atoms with van der Waals surface area (Å²) in [4.78, 5) is 11.2. The minimum atomic E-state index is 0.0914. The first-order valence-corrected chi connectivity index (χ1v) is 3.75. The van der Waals surface area contributed by atoms with E-state index in [-0.39, 0.29) is 5.43 Å². The Bertz CT molecular complexity index is 310. The second-order valence-corrected chi connectivity index (χ2v) is 2.61. The van der Waals surface area contributed by atoms with Crippen molar-refractivity contribution in [1.82, 2.24) is 0 Å². The summed E-state index contributed by atoms with van der Waals surface area (Å²) in [6.07, 6.45) is 0.744. The molecule has 2 heteroatoms. The van der Waals surface area contributed by atoms with Crippen LogP contribution in [0.5, 0.6) is 0 Å². The predicted octanol–water partition coefficient (Wildman–Crippen LogP) is 1.82. The van der Waals surface area contributed by atoms with Gasteiger partial charge in [-0.3, -0.25) is 4.79 Å². The molecule has 0 saturated carbocycles. The first-order chi connectivity index (χ1) is 5.15. The van der Waals surface area contributed by atoms with Crippen molar-refractivity contribution in [2.45, 2.75) is 27.2 Å². The second-order valence-electron chi connectivity index (χ2n) is 2.61. The molecule has 2 nitrogen and oxygen atoms in total. The van der Waals surface area contributed by atoms with E-state index in [9.17, 15) is 4.79 Å². The lowest BCUT2D eigenvalue weighted by atomic mass is 10.1. The summed E-state index contributed by atoms with van der Waals surface area (Å²) in [6, 6.07) is 1.53. The highest BCUT2D eigenvalue weighted by molar-refractivity contribution is 5.17. The highest BCUT2D eigenvalue weighted by atomic mass is 16.3. The molecule has 60 valence electrons. The van der Waals surface area contributed by atoms with E-state index < -0.39 is 0 Å². The Morgan fingerprint density at radius 3 is 2.55 bits per heavy atom. The van der Waals surface area contributed by atoms with Gasteiger partial charge in [0.05, 0.1) is 0 Å². The molecule has 0 aliphatic heterocycles. The van der Waals surface area contributed by atoms with Gasteiger partial charge < -0.3 is 4.42 Å². The molecular formula is C9H12O2. The van der Waals surface area contributed by atoms with Gasteiger partial charge in [0.1, 0.15) is 11.5 Å². The monoisotopic (exact) mass is 152 g/mol. The average molecular weight is 152 g/mol. The van der Waals surface area contributed by atoms with E-state index in [4.69, 9.17) is 4.42 Å². The van der Waals surface area contributed by atoms with Crippen LogP contribution in [0.15, 0.2) is 15.3 Å². The van der Waals surface area contributed by atoms with Crippen molar-refractivity contribution in [3.8, 4) is 0 Å². The molecule has 0 aliphatic carbocycles. The van der Waals surface area contributed by atoms with E-state index in [2.05, 4.69) is 0 Å². The lowest BCUT2D eigenvalue weighted by Gasteiger charge is -2.00. The van der Waals surface area contributed by atoms with Crippen LogP contribution in [0.25, 0.3) is 0 Å². The zero-order valence-corrected chi connectivity index (χ0v) is 7.10. The van der Waals surface area contributed by atoms with Gasteiger partial charge in [0.15, 0.2) is 5.43 Å². The standard InChI is InChI=1S/C9H12O2/c1-4-8-7(3)11-6(2)5-9(8)10/h5H,4H2,1-3H3. The molecule has 0 bridgehead atoms. The molecule has 0 amide bonds. The van der Waals surface area contributed by atoms with Crippen LogP contribution >= 0.6 is 0 Å². The van der Waals surface area contributed by atoms with Crippen LogP contribution in [0, 0.1) is 13.8 Å². The van der Waals surface area contributed by atoms with Crippen LogP contribution in [0.1, 0.15) is 24.0 Å². The zero-order valence-electron chi connectivity index (χ0n) is 7.10. The van der Waals surface area contributed by atoms with Gasteiger partial charge in [-0.25, -0.2) is 0 Å². The molecule has 0 aromatic carbocycles. The summed E-state index contributed by atoms with van der Waals surface area (Å²) in [7, 11) is 0. The first kappa shape index (κ1) is 8.05. The van der Waals surface area contributed by atoms with Crippen LogP contribution < -0.4 is 5.43 Å². The van der Waals surface area contributed by atoms with Crippen molar-refractivity contribution in [2.75, 3.05) is 0 Å². The van der Waals surface area contributed by atoms with E-state index in [1.165, 1.54) is 6.07 Å². The molecule has 0 unspecified atom stereocenters. The Hall–Kier alpha value is -1.05. The normalized spacial score (nSPS) is 10.1. The topological polar surface area (TPSA) is 30.2 Å². The van der Waals surface area contributed by atoms with E-state index >= 15 is 0 Å². The molecule has 0 N–H and O–H groups in total. The van der Waals surface area contributed by atoms with E-state index in [0.29, 0.717) is 5.76 Å². The van der Waals surface area contributed by atoms with Crippen LogP contribution in [0.4, 0.5) is 0 Å². The van der Waals surface area contributed by atoms with Gasteiger partial charge in [-0.1, -0.05) is 6.92 Å². The molecule has 0 saturated heterocycles. The minimum Gasteiger partial charge on any atom is -0.466 e. The molecule has 0 aliphatic rings. The Balaban J connectivity index is 3.37. The summed E-state index contributed by atoms with van der Waals surface area (Å²) < 4.78 is 5.28. The fraction of sp³-hybridized carbons (Fsp3) is 0.444. The van der Waals surface area contributed by atoms with Gasteiger partial charge in [0, 0.05) is 11.6 Å². The largest absolute Gasteiger partial charge is 0.466 e. The van der Waals surface area contributed by atoms with Crippen molar-refractivity contribution in [2.24, 2.45) is 0 Å². The van der Waals surface area contributed by atoms with Gasteiger partial charge in [-0.15, -0.1) is 0 Å². The maximum absolute atomic E-state index is 11.2. The van der Waals surface area contributed by atoms with Gasteiger partial charge in [0.2, 0.25) is 0 Å². The third-order valence-corrected chi connectivity index (χ3v) is 1.72. The maximum atomic E-state index is 11.2. The SMILES string of the molecule is CCc1c(C)oc(C)cc1=O. The maximum Gasteiger partial charge on any atom is 0.188 e. The summed E-state index contributed by atoms with van der Waals surface area (Å²) in [5, 5.41) is 0. The second kappa shape index (κ2) is 2.91. The lowest BCUT2D eigenvalue weighted by molar-refractivity contribution is 0.477. The zero-order chi connectivity index (χ0) is 8.43. The van der Waals surface area contributed by atoms with E-state index in [1.54, 1.807) is 6.92 Å². The molecule has 1 heterocycles. The third kappa shape index (κ3) is 1.50. The first-order valence-electron chi connectivity index (χ1n) is 3.75. The fourth-order valence-corrected chi connectivity index (χ4v) is 1.20. The third-order valence-electron chi connectivity index (χ3n) is 1.72. The molecule has 1 aromatic heterocycles. The molecule has 0 spiro atoms. The molecule has 11 heavy (non-hydrogen) atoms. The van der Waals surface area contributed by atoms with Gasteiger partial charge in [-0.05, 0) is 20.3 Å². The molecular weight excluding hydrogens is 140 g/mol. The molecule has 1 rings (SSSR count). The molecule has 0 atom stereocenters. The number of hydrogen-bond acceptors (Lipinski definition) is 2. The van der Waals surface area contributed by atoms with Crippen LogP contribution in [0.2, 0.25) is 0 Å². The van der Waals surface area contributed by atoms with Crippen molar-refractivity contribution >= 4 is 0 Å². The quantitative estimate of drug-likeness (QED) is 0.614. The average Bonchev–Trinajstić information content (AvgIpc) is 1.85. The van der Waals surface area contributed by atoms with E-state index in [1.807, 2.05) is 13.8 Å². The summed E-state index contributed by atoms with van der Waals surface area (Å²) >= 11 is 0. The van der Waals surface area contributed by atoms with Gasteiger partial charge >= 0.3 is 0 Å². The lowest BCUT2D eigenvalue weighted by Crippen LogP contribution is -2.08. The fourth-order valence-electron chi connectivity index (χ4n) is 1.20. The molecule has 1 aromatic rings. The van der Waals surface area contributed by atoms with E-state index in [0.717, 1.165) is 17.7 Å². The number of rotatable bonds is 1. The Morgan fingerprint density at radius 2 is 2.09 bits per heavy atom. The van der Waals surface area contributed by atoms with Crippen LogP contribution in [-0.2, 0) is 6.42 Å². The Labute approximate surface area is 65.9 Å². The molecule has 0 radical (unpaired) electrons. The summed E-state index contributed by atoms with van der Waals surface area (Å²) in [5.74, 6) is 1.43. The smallest absolute Gasteiger partial charge is 0.188 e. The van der Waals surface area contributed by atoms with Gasteiger partial charge in [0.25, 0.3) is 0 Å². The van der Waals surface area contributed by atoms with Crippen molar-refractivity contribution < 1.29 is 4.42 Å². The van der Waals surface area contributed by atoms with Crippen molar-refractivity contribution in [1.29, 1.82) is 0 Å². The number of aryl methyl sites for hydroxylation is 2. The summed E-state index contributed by atoms with van der Waals surface area (Å²) in [6.45, 7) is 5.57. The Kier molecular flexibility index (Phi) is 2.13. The van der Waals surface area contributed by atoms with Crippen LogP contribution in [-0.4, -0.2) is 0 Å². The summed E-state index contributed by atoms with van der Waals surface area (Å²) in [5.41, 5.74) is 0.879. The Morgan fingerprint density at radius 1 is 1.45 bits per heavy atom. The number of hydrogen-bond donors (Lipinski definition) is 0. The molecule has 0 fully saturated rings. The van der Waals surface area contributed by atoms with Crippen molar-refractivity contribution in [3.05, 3.63) is 33.4 Å². The predicted molar refractivity (Wildman–Crippen MR) is 43.8 cm³/mol. The van der Waals surface area contributed by atoms with Crippen LogP contribution in [0.3, 0.4) is 0 Å². The minimum absolute atomic E-state index is 0.0914. The highest BCUT2D eigenvalue weighted by Crippen LogP contribution is 2.05. The highest BCUT2D eigenvalue weighted by Gasteiger charge is 2.03. The van der Waals surface area contributed by atoms with Crippen molar-refractivity contribution in [3.63, 3.8) is 0 Å².